The van der Waals surface area contributed by atoms with Gasteiger partial charge in [0, 0.05) is 44.4 Å². The van der Waals surface area contributed by atoms with Crippen LogP contribution in [0.15, 0.2) is 36.9 Å². The number of aromatic nitrogens is 3. The minimum atomic E-state index is 0.180. The topological polar surface area (TPSA) is 67.9 Å². The first-order valence-corrected chi connectivity index (χ1v) is 6.85. The Balaban J connectivity index is 1.98. The molecule has 0 aliphatic rings. The summed E-state index contributed by atoms with van der Waals surface area (Å²) in [5.74, 6) is 0.718. The van der Waals surface area contributed by atoms with E-state index in [2.05, 4.69) is 21.9 Å². The zero-order chi connectivity index (χ0) is 14.4. The third-order valence-corrected chi connectivity index (χ3v) is 3.22. The molecule has 5 nitrogen and oxygen atoms in total. The molecule has 20 heavy (non-hydrogen) atoms. The van der Waals surface area contributed by atoms with Crippen LogP contribution in [0.2, 0.25) is 0 Å². The van der Waals surface area contributed by atoms with Gasteiger partial charge >= 0.3 is 0 Å². The van der Waals surface area contributed by atoms with Crippen LogP contribution in [0.25, 0.3) is 0 Å². The predicted octanol–water partition coefficient (Wildman–Crippen LogP) is 1.79. The fourth-order valence-electron chi connectivity index (χ4n) is 1.93. The highest BCUT2D eigenvalue weighted by Crippen LogP contribution is 2.10. The largest absolute Gasteiger partial charge is 0.340 e. The van der Waals surface area contributed by atoms with E-state index in [1.54, 1.807) is 12.4 Å². The van der Waals surface area contributed by atoms with Crippen LogP contribution in [0.3, 0.4) is 0 Å². The van der Waals surface area contributed by atoms with Gasteiger partial charge in [-0.1, -0.05) is 6.92 Å². The van der Waals surface area contributed by atoms with E-state index in [9.17, 15) is 0 Å². The molecule has 0 radical (unpaired) electrons. The number of hydrogen-bond donors (Lipinski definition) is 1. The maximum absolute atomic E-state index is 5.93. The zero-order valence-electron chi connectivity index (χ0n) is 12.0. The van der Waals surface area contributed by atoms with Gasteiger partial charge in [-0.15, -0.1) is 0 Å². The number of anilines is 1. The molecule has 0 aromatic carbocycles. The van der Waals surface area contributed by atoms with E-state index >= 15 is 0 Å². The number of nitrogens with two attached hydrogens (primary N) is 1. The minimum absolute atomic E-state index is 0.180. The van der Waals surface area contributed by atoms with Crippen LogP contribution >= 0.6 is 0 Å². The summed E-state index contributed by atoms with van der Waals surface area (Å²) in [7, 11) is 1.98. The highest BCUT2D eigenvalue weighted by atomic mass is 15.2. The molecule has 0 spiro atoms. The highest BCUT2D eigenvalue weighted by Gasteiger charge is 2.07. The second-order valence-electron chi connectivity index (χ2n) is 4.98. The molecule has 0 aliphatic carbocycles. The lowest BCUT2D eigenvalue weighted by molar-refractivity contribution is 0.643. The summed E-state index contributed by atoms with van der Waals surface area (Å²) in [5.41, 5.74) is 8.20. The van der Waals surface area contributed by atoms with Crippen molar-refractivity contribution in [2.75, 3.05) is 11.9 Å². The molecule has 2 aromatic heterocycles. The number of nitrogens with zero attached hydrogens (tertiary/aromatic N) is 4. The van der Waals surface area contributed by atoms with Crippen LogP contribution < -0.4 is 10.6 Å². The van der Waals surface area contributed by atoms with E-state index in [1.807, 2.05) is 36.5 Å². The van der Waals surface area contributed by atoms with Crippen molar-refractivity contribution in [2.24, 2.45) is 5.73 Å². The van der Waals surface area contributed by atoms with Gasteiger partial charge in [-0.3, -0.25) is 4.98 Å². The molecule has 2 N–H and O–H groups in total. The highest BCUT2D eigenvalue weighted by molar-refractivity contribution is 5.30. The third kappa shape index (κ3) is 3.99. The summed E-state index contributed by atoms with van der Waals surface area (Å²) < 4.78 is 0. The molecule has 2 heterocycles. The van der Waals surface area contributed by atoms with E-state index < -0.39 is 0 Å². The van der Waals surface area contributed by atoms with Gasteiger partial charge in [0.1, 0.15) is 0 Å². The molecule has 106 valence electrons. The lowest BCUT2D eigenvalue weighted by Crippen LogP contribution is -2.22. The molecule has 0 bridgehead atoms. The Morgan fingerprint density at radius 3 is 2.40 bits per heavy atom. The van der Waals surface area contributed by atoms with Crippen molar-refractivity contribution in [3.63, 3.8) is 0 Å². The smallest absolute Gasteiger partial charge is 0.225 e. The molecular formula is C15H21N5. The summed E-state index contributed by atoms with van der Waals surface area (Å²) in [6.07, 6.45) is 9.09. The van der Waals surface area contributed by atoms with Gasteiger partial charge in [0.2, 0.25) is 5.95 Å². The molecule has 0 fully saturated rings. The van der Waals surface area contributed by atoms with Gasteiger partial charge in [-0.05, 0) is 36.1 Å². The van der Waals surface area contributed by atoms with Gasteiger partial charge in [0.15, 0.2) is 0 Å². The Labute approximate surface area is 119 Å². The van der Waals surface area contributed by atoms with Crippen LogP contribution in [-0.4, -0.2) is 28.0 Å². The molecule has 5 heteroatoms. The monoisotopic (exact) mass is 271 g/mol. The fraction of sp³-hybridized carbons (Fsp3) is 0.400. The van der Waals surface area contributed by atoms with E-state index in [0.29, 0.717) is 0 Å². The summed E-state index contributed by atoms with van der Waals surface area (Å²) in [5, 5.41) is 0. The van der Waals surface area contributed by atoms with Gasteiger partial charge in [0.05, 0.1) is 0 Å². The Morgan fingerprint density at radius 2 is 1.80 bits per heavy atom. The molecule has 2 aromatic rings. The van der Waals surface area contributed by atoms with Crippen LogP contribution in [0.5, 0.6) is 0 Å². The quantitative estimate of drug-likeness (QED) is 0.867. The summed E-state index contributed by atoms with van der Waals surface area (Å²) in [6, 6.07) is 4.16. The Bertz CT molecular complexity index is 512. The number of hydrogen-bond acceptors (Lipinski definition) is 5. The van der Waals surface area contributed by atoms with Crippen molar-refractivity contribution in [1.29, 1.82) is 0 Å². The first-order valence-electron chi connectivity index (χ1n) is 6.85. The van der Waals surface area contributed by atoms with Crippen molar-refractivity contribution in [3.05, 3.63) is 48.0 Å². The fourth-order valence-corrected chi connectivity index (χ4v) is 1.93. The molecule has 0 saturated heterocycles. The maximum atomic E-state index is 5.93. The Hall–Kier alpha value is -2.01. The van der Waals surface area contributed by atoms with Gasteiger partial charge in [-0.25, -0.2) is 9.97 Å². The lowest BCUT2D eigenvalue weighted by atomic mass is 10.1. The van der Waals surface area contributed by atoms with E-state index in [-0.39, 0.29) is 6.04 Å². The second-order valence-corrected chi connectivity index (χ2v) is 4.98. The first-order chi connectivity index (χ1) is 9.69. The first kappa shape index (κ1) is 14.4. The van der Waals surface area contributed by atoms with Gasteiger partial charge < -0.3 is 10.6 Å². The summed E-state index contributed by atoms with van der Waals surface area (Å²) >= 11 is 0. The average molecular weight is 271 g/mol. The van der Waals surface area contributed by atoms with E-state index in [0.717, 1.165) is 30.9 Å². The summed E-state index contributed by atoms with van der Waals surface area (Å²) in [4.78, 5) is 14.8. The zero-order valence-corrected chi connectivity index (χ0v) is 12.0. The van der Waals surface area contributed by atoms with Crippen molar-refractivity contribution >= 4 is 5.95 Å². The Kier molecular flexibility index (Phi) is 5.01. The van der Waals surface area contributed by atoms with Crippen LogP contribution in [0.4, 0.5) is 5.95 Å². The van der Waals surface area contributed by atoms with Crippen LogP contribution in [-0.2, 0) is 13.0 Å². The third-order valence-electron chi connectivity index (χ3n) is 3.22. The maximum Gasteiger partial charge on any atom is 0.225 e. The molecule has 0 aliphatic heterocycles. The predicted molar refractivity (Wildman–Crippen MR) is 80.3 cm³/mol. The molecule has 0 saturated carbocycles. The van der Waals surface area contributed by atoms with Crippen molar-refractivity contribution in [2.45, 2.75) is 32.4 Å². The second kappa shape index (κ2) is 6.96. The molecular weight excluding hydrogens is 250 g/mol. The molecule has 0 amide bonds. The summed E-state index contributed by atoms with van der Waals surface area (Å²) in [6.45, 7) is 2.85. The number of pyridine rings is 1. The van der Waals surface area contributed by atoms with Gasteiger partial charge in [-0.2, -0.15) is 0 Å². The lowest BCUT2D eigenvalue weighted by Gasteiger charge is -2.17. The van der Waals surface area contributed by atoms with E-state index in [4.69, 9.17) is 5.73 Å². The molecule has 1 atom stereocenters. The minimum Gasteiger partial charge on any atom is -0.340 e. The standard InChI is InChI=1S/C15H21N5/c1-3-14(16)8-13-9-18-15(19-10-13)20(2)11-12-4-6-17-7-5-12/h4-7,9-10,14H,3,8,11,16H2,1-2H3. The normalized spacial score (nSPS) is 12.2. The molecule has 2 rings (SSSR count). The van der Waals surface area contributed by atoms with Gasteiger partial charge in [0.25, 0.3) is 0 Å². The van der Waals surface area contributed by atoms with E-state index in [1.165, 1.54) is 5.56 Å². The Morgan fingerprint density at radius 1 is 1.15 bits per heavy atom. The van der Waals surface area contributed by atoms with Crippen LogP contribution in [0.1, 0.15) is 24.5 Å². The van der Waals surface area contributed by atoms with Crippen molar-refractivity contribution in [1.82, 2.24) is 15.0 Å². The molecule has 1 unspecified atom stereocenters. The average Bonchev–Trinajstić information content (AvgIpc) is 2.49. The van der Waals surface area contributed by atoms with Crippen molar-refractivity contribution < 1.29 is 0 Å². The SMILES string of the molecule is CCC(N)Cc1cnc(N(C)Cc2ccncc2)nc1. The van der Waals surface area contributed by atoms with Crippen molar-refractivity contribution in [3.8, 4) is 0 Å². The number of rotatable bonds is 6. The van der Waals surface area contributed by atoms with Crippen LogP contribution in [0, 0.1) is 0 Å².